The first kappa shape index (κ1) is 28.0. The predicted octanol–water partition coefficient (Wildman–Crippen LogP) is 4.24. The Morgan fingerprint density at radius 1 is 0.974 bits per heavy atom. The van der Waals surface area contributed by atoms with Crippen molar-refractivity contribution in [2.75, 3.05) is 19.8 Å². The standard InChI is InChI=1S/C29H37NO8/c1-27(2,3)38-26(32)30-16-22-23(36-25(31)21-14-10-7-11-15-21)24(33-17-20-12-8-6-9-13-20)29(37-22)18-34-28(4,5)35-19-29/h6-15,22-24H,16-19H2,1-5H3,(H,30,32)/t22-,23-,24-/m0/s1. The third-order valence-corrected chi connectivity index (χ3v) is 6.27. The first-order valence-electron chi connectivity index (χ1n) is 12.8. The highest BCUT2D eigenvalue weighted by molar-refractivity contribution is 5.89. The molecule has 0 bridgehead atoms. The second-order valence-corrected chi connectivity index (χ2v) is 11.0. The lowest BCUT2D eigenvalue weighted by atomic mass is 9.94. The van der Waals surface area contributed by atoms with Crippen LogP contribution in [0.4, 0.5) is 4.79 Å². The van der Waals surface area contributed by atoms with Crippen LogP contribution in [0.25, 0.3) is 0 Å². The van der Waals surface area contributed by atoms with Crippen molar-refractivity contribution in [3.8, 4) is 0 Å². The minimum atomic E-state index is -1.06. The molecular weight excluding hydrogens is 490 g/mol. The molecule has 38 heavy (non-hydrogen) atoms. The van der Waals surface area contributed by atoms with Crippen molar-refractivity contribution in [1.29, 1.82) is 0 Å². The highest BCUT2D eigenvalue weighted by Gasteiger charge is 2.60. The van der Waals surface area contributed by atoms with Gasteiger partial charge in [0.1, 0.15) is 23.4 Å². The zero-order chi connectivity index (χ0) is 27.4. The van der Waals surface area contributed by atoms with E-state index in [1.165, 1.54) is 0 Å². The highest BCUT2D eigenvalue weighted by Crippen LogP contribution is 2.41. The molecule has 3 atom stereocenters. The van der Waals surface area contributed by atoms with Gasteiger partial charge in [0.2, 0.25) is 0 Å². The summed E-state index contributed by atoms with van der Waals surface area (Å²) in [5.41, 5.74) is -0.388. The summed E-state index contributed by atoms with van der Waals surface area (Å²) in [6, 6.07) is 18.4. The summed E-state index contributed by atoms with van der Waals surface area (Å²) in [5.74, 6) is -1.33. The number of carbonyl (C=O) groups is 2. The van der Waals surface area contributed by atoms with Gasteiger partial charge in [-0.15, -0.1) is 0 Å². The molecule has 4 rings (SSSR count). The zero-order valence-electron chi connectivity index (χ0n) is 22.6. The molecule has 2 aromatic carbocycles. The molecule has 0 aliphatic carbocycles. The van der Waals surface area contributed by atoms with Crippen LogP contribution in [-0.2, 0) is 35.0 Å². The number of alkyl carbamates (subject to hydrolysis) is 1. The van der Waals surface area contributed by atoms with Crippen LogP contribution in [0.3, 0.4) is 0 Å². The monoisotopic (exact) mass is 527 g/mol. The van der Waals surface area contributed by atoms with Gasteiger partial charge in [-0.05, 0) is 52.3 Å². The van der Waals surface area contributed by atoms with Crippen LogP contribution in [0, 0.1) is 0 Å². The van der Waals surface area contributed by atoms with E-state index in [2.05, 4.69) is 5.32 Å². The molecule has 2 aromatic rings. The van der Waals surface area contributed by atoms with E-state index in [1.807, 2.05) is 50.2 Å². The summed E-state index contributed by atoms with van der Waals surface area (Å²) < 4.78 is 36.3. The second kappa shape index (κ2) is 11.4. The molecule has 2 aliphatic rings. The maximum atomic E-state index is 13.2. The van der Waals surface area contributed by atoms with E-state index >= 15 is 0 Å². The summed E-state index contributed by atoms with van der Waals surface area (Å²) in [4.78, 5) is 25.6. The Morgan fingerprint density at radius 2 is 1.58 bits per heavy atom. The second-order valence-electron chi connectivity index (χ2n) is 11.0. The third-order valence-electron chi connectivity index (χ3n) is 6.27. The zero-order valence-corrected chi connectivity index (χ0v) is 22.6. The first-order chi connectivity index (χ1) is 18.0. The minimum Gasteiger partial charge on any atom is -0.453 e. The SMILES string of the molecule is CC(C)(C)OC(=O)NC[C@@H]1OC2(COC(C)(C)OC2)[C@@H](OCc2ccccc2)[C@H]1OC(=O)c1ccccc1. The highest BCUT2D eigenvalue weighted by atomic mass is 16.7. The molecule has 9 heteroatoms. The number of ether oxygens (including phenoxy) is 6. The van der Waals surface area contributed by atoms with E-state index in [9.17, 15) is 9.59 Å². The maximum absolute atomic E-state index is 13.2. The average molecular weight is 528 g/mol. The Balaban J connectivity index is 1.60. The number of hydrogen-bond acceptors (Lipinski definition) is 8. The summed E-state index contributed by atoms with van der Waals surface area (Å²) in [6.07, 6.45) is -2.95. The molecule has 0 saturated carbocycles. The molecule has 2 heterocycles. The Hall–Kier alpha value is -2.98. The van der Waals surface area contributed by atoms with Gasteiger partial charge in [-0.25, -0.2) is 9.59 Å². The quantitative estimate of drug-likeness (QED) is 0.534. The summed E-state index contributed by atoms with van der Waals surface area (Å²) in [7, 11) is 0. The number of carbonyl (C=O) groups excluding carboxylic acids is 2. The van der Waals surface area contributed by atoms with Gasteiger partial charge in [0.25, 0.3) is 0 Å². The molecule has 1 amide bonds. The number of amides is 1. The molecule has 1 N–H and O–H groups in total. The average Bonchev–Trinajstić information content (AvgIpc) is 3.15. The number of hydrogen-bond donors (Lipinski definition) is 1. The van der Waals surface area contributed by atoms with Crippen molar-refractivity contribution in [3.05, 3.63) is 71.8 Å². The van der Waals surface area contributed by atoms with Gasteiger partial charge in [-0.2, -0.15) is 0 Å². The fourth-order valence-electron chi connectivity index (χ4n) is 4.40. The molecule has 9 nitrogen and oxygen atoms in total. The number of benzene rings is 2. The van der Waals surface area contributed by atoms with E-state index in [-0.39, 0.29) is 26.4 Å². The third kappa shape index (κ3) is 7.11. The van der Waals surface area contributed by atoms with Gasteiger partial charge in [0.15, 0.2) is 11.9 Å². The van der Waals surface area contributed by atoms with Gasteiger partial charge in [-0.3, -0.25) is 0 Å². The molecule has 1 spiro atoms. The van der Waals surface area contributed by atoms with Gasteiger partial charge >= 0.3 is 12.1 Å². The Morgan fingerprint density at radius 3 is 2.18 bits per heavy atom. The number of nitrogens with one attached hydrogen (secondary N) is 1. The summed E-state index contributed by atoms with van der Waals surface area (Å²) in [6.45, 7) is 9.58. The molecule has 0 radical (unpaired) electrons. The molecule has 2 saturated heterocycles. The normalized spacial score (nSPS) is 24.1. The van der Waals surface area contributed by atoms with Crippen molar-refractivity contribution >= 4 is 12.1 Å². The van der Waals surface area contributed by atoms with Gasteiger partial charge < -0.3 is 33.7 Å². The topological polar surface area (TPSA) is 102 Å². The van der Waals surface area contributed by atoms with Crippen LogP contribution >= 0.6 is 0 Å². The molecule has 0 unspecified atom stereocenters. The fourth-order valence-corrected chi connectivity index (χ4v) is 4.40. The minimum absolute atomic E-state index is 0.0258. The molecule has 2 fully saturated rings. The molecule has 0 aromatic heterocycles. The fraction of sp³-hybridized carbons (Fsp3) is 0.517. The van der Waals surface area contributed by atoms with E-state index in [1.54, 1.807) is 45.0 Å². The Bertz CT molecular complexity index is 1070. The molecule has 2 aliphatic heterocycles. The summed E-state index contributed by atoms with van der Waals surface area (Å²) >= 11 is 0. The van der Waals surface area contributed by atoms with Crippen LogP contribution < -0.4 is 5.32 Å². The van der Waals surface area contributed by atoms with E-state index in [0.717, 1.165) is 5.56 Å². The van der Waals surface area contributed by atoms with Crippen molar-refractivity contribution in [1.82, 2.24) is 5.32 Å². The largest absolute Gasteiger partial charge is 0.453 e. The van der Waals surface area contributed by atoms with E-state index in [4.69, 9.17) is 28.4 Å². The smallest absolute Gasteiger partial charge is 0.407 e. The Labute approximate surface area is 223 Å². The lowest BCUT2D eigenvalue weighted by Crippen LogP contribution is -2.58. The Kier molecular flexibility index (Phi) is 8.42. The lowest BCUT2D eigenvalue weighted by Gasteiger charge is -2.43. The van der Waals surface area contributed by atoms with Gasteiger partial charge in [0, 0.05) is 0 Å². The van der Waals surface area contributed by atoms with Crippen LogP contribution in [0.1, 0.15) is 50.5 Å². The van der Waals surface area contributed by atoms with Crippen molar-refractivity contribution in [2.45, 2.75) is 76.5 Å². The van der Waals surface area contributed by atoms with Crippen LogP contribution in [0.2, 0.25) is 0 Å². The van der Waals surface area contributed by atoms with E-state index in [0.29, 0.717) is 5.56 Å². The van der Waals surface area contributed by atoms with Crippen molar-refractivity contribution < 1.29 is 38.0 Å². The first-order valence-corrected chi connectivity index (χ1v) is 12.8. The van der Waals surface area contributed by atoms with E-state index < -0.39 is 47.4 Å². The van der Waals surface area contributed by atoms with Gasteiger partial charge in [-0.1, -0.05) is 48.5 Å². The van der Waals surface area contributed by atoms with Crippen LogP contribution in [-0.4, -0.2) is 67.1 Å². The predicted molar refractivity (Wildman–Crippen MR) is 138 cm³/mol. The van der Waals surface area contributed by atoms with Crippen LogP contribution in [0.15, 0.2) is 60.7 Å². The van der Waals surface area contributed by atoms with Crippen molar-refractivity contribution in [2.24, 2.45) is 0 Å². The summed E-state index contributed by atoms with van der Waals surface area (Å²) in [5, 5.41) is 2.74. The number of esters is 1. The lowest BCUT2D eigenvalue weighted by molar-refractivity contribution is -0.319. The molecular formula is C29H37NO8. The maximum Gasteiger partial charge on any atom is 0.407 e. The van der Waals surface area contributed by atoms with Crippen molar-refractivity contribution in [3.63, 3.8) is 0 Å². The number of rotatable bonds is 7. The van der Waals surface area contributed by atoms with Crippen LogP contribution in [0.5, 0.6) is 0 Å². The van der Waals surface area contributed by atoms with Gasteiger partial charge in [0.05, 0.1) is 31.9 Å². The molecule has 206 valence electrons.